The Balaban J connectivity index is 2.06. The summed E-state index contributed by atoms with van der Waals surface area (Å²) in [5, 5.41) is 19.5. The zero-order valence-electron chi connectivity index (χ0n) is 9.35. The quantitative estimate of drug-likeness (QED) is 0.725. The van der Waals surface area contributed by atoms with Crippen molar-refractivity contribution in [3.63, 3.8) is 0 Å². The van der Waals surface area contributed by atoms with Crippen molar-refractivity contribution in [1.82, 2.24) is 25.1 Å². The minimum Gasteiger partial charge on any atom is -0.480 e. The van der Waals surface area contributed by atoms with E-state index in [-0.39, 0.29) is 18.4 Å². The fourth-order valence-corrected chi connectivity index (χ4v) is 2.09. The van der Waals surface area contributed by atoms with Crippen LogP contribution in [0, 0.1) is 5.92 Å². The standard InChI is InChI=1S/C9H13N5O3/c1-6-2-3-14(8(6)9(16)17)7(15)4-13-5-10-11-12-13/h5-6,8H,2-4H2,1H3,(H,16,17). The van der Waals surface area contributed by atoms with Gasteiger partial charge in [-0.3, -0.25) is 4.79 Å². The average Bonchev–Trinajstić information content (AvgIpc) is 2.86. The Morgan fingerprint density at radius 2 is 2.29 bits per heavy atom. The molecule has 92 valence electrons. The van der Waals surface area contributed by atoms with Gasteiger partial charge in [0, 0.05) is 6.54 Å². The molecule has 17 heavy (non-hydrogen) atoms. The van der Waals surface area contributed by atoms with Gasteiger partial charge < -0.3 is 10.0 Å². The molecular weight excluding hydrogens is 226 g/mol. The van der Waals surface area contributed by atoms with E-state index in [9.17, 15) is 9.59 Å². The molecule has 0 aliphatic carbocycles. The van der Waals surface area contributed by atoms with Gasteiger partial charge in [-0.15, -0.1) is 5.10 Å². The topological polar surface area (TPSA) is 101 Å². The summed E-state index contributed by atoms with van der Waals surface area (Å²) in [5.74, 6) is -1.25. The lowest BCUT2D eigenvalue weighted by Gasteiger charge is -2.23. The van der Waals surface area contributed by atoms with Crippen molar-refractivity contribution in [3.8, 4) is 0 Å². The van der Waals surface area contributed by atoms with Crippen LogP contribution in [0.3, 0.4) is 0 Å². The van der Waals surface area contributed by atoms with Gasteiger partial charge in [0.05, 0.1) is 0 Å². The van der Waals surface area contributed by atoms with Crippen LogP contribution < -0.4 is 0 Å². The number of carbonyl (C=O) groups excluding carboxylic acids is 1. The van der Waals surface area contributed by atoms with Gasteiger partial charge in [-0.05, 0) is 22.8 Å². The molecule has 1 fully saturated rings. The lowest BCUT2D eigenvalue weighted by molar-refractivity contribution is -0.149. The third-order valence-electron chi connectivity index (χ3n) is 2.96. The highest BCUT2D eigenvalue weighted by Crippen LogP contribution is 2.24. The molecule has 1 amide bonds. The van der Waals surface area contributed by atoms with Crippen LogP contribution in [-0.2, 0) is 16.1 Å². The van der Waals surface area contributed by atoms with E-state index in [1.165, 1.54) is 15.9 Å². The molecule has 0 radical (unpaired) electrons. The zero-order valence-corrected chi connectivity index (χ0v) is 9.35. The minimum absolute atomic E-state index is 0.0229. The van der Waals surface area contributed by atoms with E-state index in [0.717, 1.165) is 0 Å². The van der Waals surface area contributed by atoms with Crippen molar-refractivity contribution in [2.75, 3.05) is 6.54 Å². The first-order chi connectivity index (χ1) is 8.09. The summed E-state index contributed by atoms with van der Waals surface area (Å²) in [5.41, 5.74) is 0. The van der Waals surface area contributed by atoms with Gasteiger partial charge in [0.15, 0.2) is 0 Å². The van der Waals surface area contributed by atoms with E-state index in [4.69, 9.17) is 5.11 Å². The average molecular weight is 239 g/mol. The predicted molar refractivity (Wildman–Crippen MR) is 54.7 cm³/mol. The maximum Gasteiger partial charge on any atom is 0.326 e. The second kappa shape index (κ2) is 4.48. The van der Waals surface area contributed by atoms with Gasteiger partial charge in [-0.25, -0.2) is 9.48 Å². The first-order valence-corrected chi connectivity index (χ1v) is 5.32. The Hall–Kier alpha value is -1.99. The molecule has 1 aromatic heterocycles. The Morgan fingerprint density at radius 1 is 1.53 bits per heavy atom. The van der Waals surface area contributed by atoms with Crippen LogP contribution in [0.4, 0.5) is 0 Å². The molecule has 1 aliphatic heterocycles. The Morgan fingerprint density at radius 3 is 2.88 bits per heavy atom. The lowest BCUT2D eigenvalue weighted by atomic mass is 10.0. The van der Waals surface area contributed by atoms with Crippen LogP contribution >= 0.6 is 0 Å². The maximum atomic E-state index is 11.9. The summed E-state index contributed by atoms with van der Waals surface area (Å²) < 4.78 is 1.28. The fourth-order valence-electron chi connectivity index (χ4n) is 2.09. The Kier molecular flexibility index (Phi) is 3.03. The van der Waals surface area contributed by atoms with Crippen molar-refractivity contribution in [2.45, 2.75) is 25.9 Å². The molecular formula is C9H13N5O3. The molecule has 8 nitrogen and oxygen atoms in total. The van der Waals surface area contributed by atoms with Crippen LogP contribution in [0.5, 0.6) is 0 Å². The molecule has 8 heteroatoms. The molecule has 2 unspecified atom stereocenters. The number of rotatable bonds is 3. The van der Waals surface area contributed by atoms with Crippen molar-refractivity contribution in [3.05, 3.63) is 6.33 Å². The number of aliphatic carboxylic acids is 1. The highest BCUT2D eigenvalue weighted by Gasteiger charge is 2.39. The number of amides is 1. The predicted octanol–water partition coefficient (Wildman–Crippen LogP) is -1.01. The summed E-state index contributed by atoms with van der Waals surface area (Å²) in [4.78, 5) is 24.4. The number of hydrogen-bond acceptors (Lipinski definition) is 5. The number of nitrogens with zero attached hydrogens (tertiary/aromatic N) is 5. The molecule has 2 heterocycles. The van der Waals surface area contributed by atoms with Gasteiger partial charge in [0.1, 0.15) is 18.9 Å². The van der Waals surface area contributed by atoms with Gasteiger partial charge in [0.2, 0.25) is 5.91 Å². The van der Waals surface area contributed by atoms with E-state index >= 15 is 0 Å². The summed E-state index contributed by atoms with van der Waals surface area (Å²) in [6.45, 7) is 2.28. The second-order valence-corrected chi connectivity index (χ2v) is 4.14. The van der Waals surface area contributed by atoms with E-state index in [2.05, 4.69) is 15.5 Å². The number of carbonyl (C=O) groups is 2. The number of hydrogen-bond donors (Lipinski definition) is 1. The molecule has 0 saturated carbocycles. The summed E-state index contributed by atoms with van der Waals surface area (Å²) in [6.07, 6.45) is 2.03. The number of carboxylic acids is 1. The summed E-state index contributed by atoms with van der Waals surface area (Å²) in [6, 6.07) is -0.737. The van der Waals surface area contributed by atoms with Gasteiger partial charge >= 0.3 is 5.97 Å². The van der Waals surface area contributed by atoms with Gasteiger partial charge in [0.25, 0.3) is 0 Å². The molecule has 0 bridgehead atoms. The van der Waals surface area contributed by atoms with E-state index < -0.39 is 12.0 Å². The van der Waals surface area contributed by atoms with Crippen LogP contribution in [-0.4, -0.2) is 54.7 Å². The van der Waals surface area contributed by atoms with Crippen LogP contribution in [0.25, 0.3) is 0 Å². The van der Waals surface area contributed by atoms with E-state index in [1.807, 2.05) is 6.92 Å². The first-order valence-electron chi connectivity index (χ1n) is 5.32. The summed E-state index contributed by atoms with van der Waals surface area (Å²) in [7, 11) is 0. The van der Waals surface area contributed by atoms with Crippen molar-refractivity contribution in [2.24, 2.45) is 5.92 Å². The first kappa shape index (κ1) is 11.5. The minimum atomic E-state index is -0.958. The lowest BCUT2D eigenvalue weighted by Crippen LogP contribution is -2.44. The maximum absolute atomic E-state index is 11.9. The molecule has 1 aromatic rings. The van der Waals surface area contributed by atoms with Crippen LogP contribution in [0.15, 0.2) is 6.33 Å². The molecule has 1 saturated heterocycles. The van der Waals surface area contributed by atoms with E-state index in [1.54, 1.807) is 0 Å². The fraction of sp³-hybridized carbons (Fsp3) is 0.667. The third-order valence-corrected chi connectivity index (χ3v) is 2.96. The number of aromatic nitrogens is 4. The number of likely N-dealkylation sites (tertiary alicyclic amines) is 1. The molecule has 1 aliphatic rings. The normalized spacial score (nSPS) is 23.9. The SMILES string of the molecule is CC1CCN(C(=O)Cn2cnnn2)C1C(=O)O. The van der Waals surface area contributed by atoms with E-state index in [0.29, 0.717) is 13.0 Å². The molecule has 1 N–H and O–H groups in total. The summed E-state index contributed by atoms with van der Waals surface area (Å²) >= 11 is 0. The van der Waals surface area contributed by atoms with Gasteiger partial charge in [-0.2, -0.15) is 0 Å². The number of tetrazole rings is 1. The van der Waals surface area contributed by atoms with Gasteiger partial charge in [-0.1, -0.05) is 6.92 Å². The smallest absolute Gasteiger partial charge is 0.326 e. The van der Waals surface area contributed by atoms with Crippen molar-refractivity contribution < 1.29 is 14.7 Å². The zero-order chi connectivity index (χ0) is 12.4. The number of carboxylic acid groups (broad SMARTS) is 1. The highest BCUT2D eigenvalue weighted by atomic mass is 16.4. The van der Waals surface area contributed by atoms with Crippen LogP contribution in [0.2, 0.25) is 0 Å². The molecule has 0 aromatic carbocycles. The largest absolute Gasteiger partial charge is 0.480 e. The second-order valence-electron chi connectivity index (χ2n) is 4.14. The highest BCUT2D eigenvalue weighted by molar-refractivity contribution is 5.84. The van der Waals surface area contributed by atoms with Crippen molar-refractivity contribution in [1.29, 1.82) is 0 Å². The molecule has 2 rings (SSSR count). The Labute approximate surface area is 97.2 Å². The molecule has 0 spiro atoms. The molecule has 2 atom stereocenters. The monoisotopic (exact) mass is 239 g/mol. The Bertz CT molecular complexity index is 418. The van der Waals surface area contributed by atoms with Crippen LogP contribution in [0.1, 0.15) is 13.3 Å². The third kappa shape index (κ3) is 2.24. The van der Waals surface area contributed by atoms with Crippen molar-refractivity contribution >= 4 is 11.9 Å².